The maximum Gasteiger partial charge on any atom is 0.105 e. The maximum atomic E-state index is 9.69. The van der Waals surface area contributed by atoms with Crippen LogP contribution in [0.2, 0.25) is 0 Å². The molecule has 0 radical (unpaired) electrons. The first kappa shape index (κ1) is 6.58. The molecule has 1 N–H and O–H groups in total. The van der Waals surface area contributed by atoms with Crippen molar-refractivity contribution in [2.24, 2.45) is 0 Å². The summed E-state index contributed by atoms with van der Waals surface area (Å²) in [5, 5.41) is 9.69. The zero-order chi connectivity index (χ0) is 7.35. The molecule has 58 valence electrons. The molecular weight excluding hydrogens is 130 g/mol. The Labute approximate surface area is 60.6 Å². The third-order valence-electron chi connectivity index (χ3n) is 2.54. The van der Waals surface area contributed by atoms with Crippen molar-refractivity contribution in [3.8, 4) is 0 Å². The Balaban J connectivity index is 2.17. The molecule has 2 fully saturated rings. The van der Waals surface area contributed by atoms with Crippen LogP contribution in [0.1, 0.15) is 6.92 Å². The number of aliphatic hydroxyl groups is 1. The van der Waals surface area contributed by atoms with Crippen molar-refractivity contribution in [3.05, 3.63) is 0 Å². The molecule has 0 aromatic heterocycles. The summed E-state index contributed by atoms with van der Waals surface area (Å²) in [7, 11) is 2.03. The van der Waals surface area contributed by atoms with Gasteiger partial charge in [-0.3, -0.25) is 4.90 Å². The number of likely N-dealkylation sites (tertiary alicyclic amines) is 1. The molecule has 3 atom stereocenters. The minimum atomic E-state index is -0.613. The monoisotopic (exact) mass is 143 g/mol. The highest BCUT2D eigenvalue weighted by atomic mass is 16.5. The number of rotatable bonds is 0. The van der Waals surface area contributed by atoms with Crippen LogP contribution in [0.4, 0.5) is 0 Å². The highest BCUT2D eigenvalue weighted by Gasteiger charge is 2.53. The van der Waals surface area contributed by atoms with Crippen LogP contribution in [0.3, 0.4) is 0 Å². The Morgan fingerprint density at radius 3 is 2.60 bits per heavy atom. The molecule has 1 unspecified atom stereocenters. The number of β-amino-alcohol motifs (C(OH)–C–C–N with tert-alkyl or cyclic N) is 1. The van der Waals surface area contributed by atoms with Crippen LogP contribution in [-0.2, 0) is 4.74 Å². The fourth-order valence-electron chi connectivity index (χ4n) is 1.94. The van der Waals surface area contributed by atoms with Crippen LogP contribution in [-0.4, -0.2) is 48.0 Å². The predicted molar refractivity (Wildman–Crippen MR) is 36.8 cm³/mol. The number of fused-ring (bicyclic) bond motifs is 1. The standard InChI is InChI=1S/C7H13NO2/c1-7(9)4-8(2)5-3-10-6(5)7/h5-6,9H,3-4H2,1-2H3/t5-,6+,7?/m0/s1. The second-order valence-corrected chi connectivity index (χ2v) is 3.59. The van der Waals surface area contributed by atoms with Crippen LogP contribution in [0.15, 0.2) is 0 Å². The predicted octanol–water partition coefficient (Wildman–Crippen LogP) is -0.550. The van der Waals surface area contributed by atoms with Gasteiger partial charge in [-0.2, -0.15) is 0 Å². The van der Waals surface area contributed by atoms with Gasteiger partial charge in [0.25, 0.3) is 0 Å². The Hall–Kier alpha value is -0.120. The van der Waals surface area contributed by atoms with Crippen LogP contribution in [0, 0.1) is 0 Å². The number of hydrogen-bond acceptors (Lipinski definition) is 3. The molecule has 10 heavy (non-hydrogen) atoms. The van der Waals surface area contributed by atoms with Crippen LogP contribution in [0.5, 0.6) is 0 Å². The van der Waals surface area contributed by atoms with Crippen molar-refractivity contribution >= 4 is 0 Å². The first-order valence-corrected chi connectivity index (χ1v) is 3.65. The zero-order valence-corrected chi connectivity index (χ0v) is 6.37. The smallest absolute Gasteiger partial charge is 0.105 e. The van der Waals surface area contributed by atoms with Crippen molar-refractivity contribution in [1.29, 1.82) is 0 Å². The molecule has 2 aliphatic heterocycles. The highest BCUT2D eigenvalue weighted by Crippen LogP contribution is 2.35. The fourth-order valence-corrected chi connectivity index (χ4v) is 1.94. The van der Waals surface area contributed by atoms with Gasteiger partial charge in [0.2, 0.25) is 0 Å². The highest BCUT2D eigenvalue weighted by molar-refractivity contribution is 5.06. The third-order valence-corrected chi connectivity index (χ3v) is 2.54. The number of nitrogens with zero attached hydrogens (tertiary/aromatic N) is 1. The van der Waals surface area contributed by atoms with Crippen molar-refractivity contribution in [3.63, 3.8) is 0 Å². The summed E-state index contributed by atoms with van der Waals surface area (Å²) in [6.45, 7) is 3.37. The summed E-state index contributed by atoms with van der Waals surface area (Å²) in [5.74, 6) is 0. The van der Waals surface area contributed by atoms with E-state index in [0.29, 0.717) is 6.04 Å². The molecule has 3 nitrogen and oxygen atoms in total. The van der Waals surface area contributed by atoms with E-state index in [-0.39, 0.29) is 6.10 Å². The molecule has 0 saturated carbocycles. The van der Waals surface area contributed by atoms with Gasteiger partial charge in [-0.25, -0.2) is 0 Å². The molecular formula is C7H13NO2. The Kier molecular flexibility index (Phi) is 1.14. The van der Waals surface area contributed by atoms with Gasteiger partial charge in [0.05, 0.1) is 12.6 Å². The van der Waals surface area contributed by atoms with E-state index in [1.165, 1.54) is 0 Å². The fraction of sp³-hybridized carbons (Fsp3) is 1.00. The van der Waals surface area contributed by atoms with E-state index >= 15 is 0 Å². The van der Waals surface area contributed by atoms with Gasteiger partial charge in [0.1, 0.15) is 11.7 Å². The molecule has 0 spiro atoms. The van der Waals surface area contributed by atoms with Gasteiger partial charge in [-0.1, -0.05) is 0 Å². The van der Waals surface area contributed by atoms with Gasteiger partial charge in [0, 0.05) is 6.54 Å². The summed E-state index contributed by atoms with van der Waals surface area (Å²) in [4.78, 5) is 2.16. The zero-order valence-electron chi connectivity index (χ0n) is 6.37. The average molecular weight is 143 g/mol. The van der Waals surface area contributed by atoms with Gasteiger partial charge in [-0.05, 0) is 14.0 Å². The summed E-state index contributed by atoms with van der Waals surface area (Å²) >= 11 is 0. The molecule has 2 rings (SSSR count). The summed E-state index contributed by atoms with van der Waals surface area (Å²) in [5.41, 5.74) is -0.613. The van der Waals surface area contributed by atoms with E-state index in [9.17, 15) is 5.11 Å². The lowest BCUT2D eigenvalue weighted by Gasteiger charge is -2.37. The normalized spacial score (nSPS) is 54.3. The second kappa shape index (κ2) is 1.72. The lowest BCUT2D eigenvalue weighted by atomic mass is 9.96. The quantitative estimate of drug-likeness (QED) is 0.494. The van der Waals surface area contributed by atoms with E-state index in [0.717, 1.165) is 13.2 Å². The molecule has 0 bridgehead atoms. The number of likely N-dealkylation sites (N-methyl/N-ethyl adjacent to an activating group) is 1. The van der Waals surface area contributed by atoms with Gasteiger partial charge < -0.3 is 9.84 Å². The average Bonchev–Trinajstić information content (AvgIpc) is 1.66. The minimum Gasteiger partial charge on any atom is -0.386 e. The van der Waals surface area contributed by atoms with Gasteiger partial charge in [-0.15, -0.1) is 0 Å². The lowest BCUT2D eigenvalue weighted by Crippen LogP contribution is -2.54. The molecule has 0 aromatic carbocycles. The molecule has 0 aliphatic carbocycles. The number of ether oxygens (including phenoxy) is 1. The Morgan fingerprint density at radius 2 is 2.40 bits per heavy atom. The van der Waals surface area contributed by atoms with Crippen LogP contribution >= 0.6 is 0 Å². The maximum absolute atomic E-state index is 9.69. The van der Waals surface area contributed by atoms with E-state index in [2.05, 4.69) is 4.90 Å². The molecule has 0 amide bonds. The van der Waals surface area contributed by atoms with E-state index in [4.69, 9.17) is 4.74 Å². The van der Waals surface area contributed by atoms with Crippen LogP contribution in [0.25, 0.3) is 0 Å². The minimum absolute atomic E-state index is 0.0671. The SMILES string of the molecule is CN1CC(C)(O)[C@@H]2OC[C@@H]21. The Morgan fingerprint density at radius 1 is 1.70 bits per heavy atom. The first-order chi connectivity index (χ1) is 4.61. The summed E-state index contributed by atoms with van der Waals surface area (Å²) in [6.07, 6.45) is 0.0671. The molecule has 0 aromatic rings. The molecule has 2 heterocycles. The van der Waals surface area contributed by atoms with E-state index in [1.807, 2.05) is 14.0 Å². The first-order valence-electron chi connectivity index (χ1n) is 3.65. The molecule has 2 saturated heterocycles. The van der Waals surface area contributed by atoms with Crippen molar-refractivity contribution < 1.29 is 9.84 Å². The van der Waals surface area contributed by atoms with Crippen molar-refractivity contribution in [1.82, 2.24) is 4.90 Å². The van der Waals surface area contributed by atoms with Gasteiger partial charge in [0.15, 0.2) is 0 Å². The summed E-state index contributed by atoms with van der Waals surface area (Å²) in [6, 6.07) is 0.468. The molecule has 3 heteroatoms. The second-order valence-electron chi connectivity index (χ2n) is 3.59. The van der Waals surface area contributed by atoms with E-state index in [1.54, 1.807) is 0 Å². The molecule has 2 aliphatic rings. The number of hydrogen-bond donors (Lipinski definition) is 1. The lowest BCUT2D eigenvalue weighted by molar-refractivity contribution is -0.153. The Bertz CT molecular complexity index is 158. The van der Waals surface area contributed by atoms with E-state index < -0.39 is 5.60 Å². The van der Waals surface area contributed by atoms with Crippen molar-refractivity contribution in [2.75, 3.05) is 20.2 Å². The van der Waals surface area contributed by atoms with Crippen molar-refractivity contribution in [2.45, 2.75) is 24.7 Å². The topological polar surface area (TPSA) is 32.7 Å². The van der Waals surface area contributed by atoms with Crippen LogP contribution < -0.4 is 0 Å². The third kappa shape index (κ3) is 0.654. The van der Waals surface area contributed by atoms with Gasteiger partial charge >= 0.3 is 0 Å². The summed E-state index contributed by atoms with van der Waals surface area (Å²) < 4.78 is 5.25. The largest absolute Gasteiger partial charge is 0.386 e.